The van der Waals surface area contributed by atoms with Gasteiger partial charge in [0.1, 0.15) is 10.6 Å². The molecule has 0 radical (unpaired) electrons. The smallest absolute Gasteiger partial charge is 0.263 e. The van der Waals surface area contributed by atoms with Gasteiger partial charge in [0.05, 0.1) is 17.8 Å². The lowest BCUT2D eigenvalue weighted by molar-refractivity contribution is 0.0942. The van der Waals surface area contributed by atoms with Gasteiger partial charge in [-0.2, -0.15) is 0 Å². The Morgan fingerprint density at radius 1 is 1.24 bits per heavy atom. The van der Waals surface area contributed by atoms with Crippen molar-refractivity contribution in [3.8, 4) is 5.75 Å². The van der Waals surface area contributed by atoms with E-state index in [9.17, 15) is 4.79 Å². The second-order valence-corrected chi connectivity index (χ2v) is 7.96. The molecule has 136 valence electrons. The summed E-state index contributed by atoms with van der Waals surface area (Å²) in [4.78, 5) is 17.8. The molecule has 2 rings (SSSR count). The topological polar surface area (TPSA) is 51.2 Å². The van der Waals surface area contributed by atoms with Crippen LogP contribution in [0.3, 0.4) is 0 Å². The van der Waals surface area contributed by atoms with E-state index in [0.29, 0.717) is 5.92 Å². The van der Waals surface area contributed by atoms with Gasteiger partial charge < -0.3 is 10.1 Å². The molecule has 0 aliphatic carbocycles. The molecule has 0 saturated heterocycles. The maximum Gasteiger partial charge on any atom is 0.263 e. The molecule has 0 bridgehead atoms. The largest absolute Gasteiger partial charge is 0.497 e. The van der Waals surface area contributed by atoms with Gasteiger partial charge in [0.2, 0.25) is 0 Å². The van der Waals surface area contributed by atoms with E-state index in [0.717, 1.165) is 40.6 Å². The predicted octanol–water partition coefficient (Wildman–Crippen LogP) is 4.41. The summed E-state index contributed by atoms with van der Waals surface area (Å²) < 4.78 is 5.17. The summed E-state index contributed by atoms with van der Waals surface area (Å²) in [6.45, 7) is 8.29. The quantitative estimate of drug-likeness (QED) is 0.758. The van der Waals surface area contributed by atoms with E-state index >= 15 is 0 Å². The van der Waals surface area contributed by atoms with Gasteiger partial charge in [-0.15, -0.1) is 11.3 Å². The Hall–Kier alpha value is -1.88. The zero-order valence-corrected chi connectivity index (χ0v) is 16.6. The summed E-state index contributed by atoms with van der Waals surface area (Å²) in [7, 11) is 1.67. The number of amides is 1. The molecule has 1 aromatic carbocycles. The van der Waals surface area contributed by atoms with Crippen LogP contribution in [0.25, 0.3) is 0 Å². The van der Waals surface area contributed by atoms with Crippen LogP contribution in [0, 0.1) is 12.8 Å². The molecule has 1 atom stereocenters. The molecule has 1 heterocycles. The Labute approximate surface area is 154 Å². The molecule has 0 aliphatic heterocycles. The molecule has 5 heteroatoms. The highest BCUT2D eigenvalue weighted by molar-refractivity contribution is 7.13. The minimum absolute atomic E-state index is 0.00719. The number of nitrogens with one attached hydrogen (secondary N) is 1. The van der Waals surface area contributed by atoms with Crippen molar-refractivity contribution in [3.05, 3.63) is 45.4 Å². The molecule has 1 N–H and O–H groups in total. The van der Waals surface area contributed by atoms with Crippen molar-refractivity contribution in [2.45, 2.75) is 53.0 Å². The highest BCUT2D eigenvalue weighted by Crippen LogP contribution is 2.21. The third-order valence-electron chi connectivity index (χ3n) is 4.03. The first-order chi connectivity index (χ1) is 11.9. The first-order valence-electron chi connectivity index (χ1n) is 8.79. The van der Waals surface area contributed by atoms with Crippen LogP contribution in [-0.4, -0.2) is 24.0 Å². The zero-order chi connectivity index (χ0) is 18.4. The maximum atomic E-state index is 12.5. The number of thiazole rings is 1. The third kappa shape index (κ3) is 5.85. The number of methoxy groups -OCH3 is 1. The van der Waals surface area contributed by atoms with Crippen molar-refractivity contribution >= 4 is 17.2 Å². The number of carbonyl (C=O) groups excluding carboxylic acids is 1. The molecule has 1 amide bonds. The zero-order valence-electron chi connectivity index (χ0n) is 15.8. The highest BCUT2D eigenvalue weighted by atomic mass is 32.1. The van der Waals surface area contributed by atoms with Crippen molar-refractivity contribution in [2.75, 3.05) is 7.11 Å². The molecule has 1 aromatic heterocycles. The molecule has 25 heavy (non-hydrogen) atoms. The van der Waals surface area contributed by atoms with Crippen LogP contribution < -0.4 is 10.1 Å². The number of nitrogens with zero attached hydrogens (tertiary/aromatic N) is 1. The fraction of sp³-hybridized carbons (Fsp3) is 0.500. The van der Waals surface area contributed by atoms with Crippen LogP contribution in [0.15, 0.2) is 24.3 Å². The van der Waals surface area contributed by atoms with E-state index < -0.39 is 0 Å². The second kappa shape index (κ2) is 8.99. The number of aromatic nitrogens is 1. The summed E-state index contributed by atoms with van der Waals surface area (Å²) >= 11 is 1.52. The third-order valence-corrected chi connectivity index (χ3v) is 5.21. The summed E-state index contributed by atoms with van der Waals surface area (Å²) in [5.74, 6) is 1.40. The molecule has 1 unspecified atom stereocenters. The van der Waals surface area contributed by atoms with Crippen molar-refractivity contribution in [2.24, 2.45) is 5.92 Å². The van der Waals surface area contributed by atoms with Crippen molar-refractivity contribution in [1.82, 2.24) is 10.3 Å². The molecule has 2 aromatic rings. The van der Waals surface area contributed by atoms with Crippen molar-refractivity contribution in [3.63, 3.8) is 0 Å². The average molecular weight is 361 g/mol. The normalized spacial score (nSPS) is 12.2. The molecular formula is C20H28N2O2S. The SMILES string of the molecule is COc1ccc(CCC(C)NC(=O)c2sc(CC(C)C)nc2C)cc1. The summed E-state index contributed by atoms with van der Waals surface area (Å²) in [6, 6.07) is 8.19. The van der Waals surface area contributed by atoms with Gasteiger partial charge in [-0.3, -0.25) is 4.79 Å². The van der Waals surface area contributed by atoms with Crippen LogP contribution in [0.5, 0.6) is 5.75 Å². The standard InChI is InChI=1S/C20H28N2O2S/c1-13(2)12-18-22-15(4)19(25-18)20(23)21-14(3)6-7-16-8-10-17(24-5)11-9-16/h8-11,13-14H,6-7,12H2,1-5H3,(H,21,23). The Morgan fingerprint density at radius 2 is 1.92 bits per heavy atom. The lowest BCUT2D eigenvalue weighted by Crippen LogP contribution is -2.32. The van der Waals surface area contributed by atoms with Gasteiger partial charge in [0.15, 0.2) is 0 Å². The number of aryl methyl sites for hydroxylation is 2. The Kier molecular flexibility index (Phi) is 7.00. The monoisotopic (exact) mass is 360 g/mol. The van der Waals surface area contributed by atoms with Crippen LogP contribution >= 0.6 is 11.3 Å². The maximum absolute atomic E-state index is 12.5. The number of benzene rings is 1. The Balaban J connectivity index is 1.87. The molecule has 0 aliphatic rings. The number of hydrogen-bond acceptors (Lipinski definition) is 4. The van der Waals surface area contributed by atoms with E-state index in [2.05, 4.69) is 36.3 Å². The Bertz CT molecular complexity index is 692. The number of carbonyl (C=O) groups is 1. The molecule has 0 saturated carbocycles. The molecular weight excluding hydrogens is 332 g/mol. The van der Waals surface area contributed by atoms with Gasteiger partial charge in [-0.05, 0) is 50.3 Å². The van der Waals surface area contributed by atoms with E-state index in [1.807, 2.05) is 26.0 Å². The average Bonchev–Trinajstić information content (AvgIpc) is 2.93. The van der Waals surface area contributed by atoms with Crippen LogP contribution in [-0.2, 0) is 12.8 Å². The highest BCUT2D eigenvalue weighted by Gasteiger charge is 2.17. The molecule has 4 nitrogen and oxygen atoms in total. The molecule has 0 fully saturated rings. The van der Waals surface area contributed by atoms with E-state index in [4.69, 9.17) is 4.74 Å². The number of ether oxygens (including phenoxy) is 1. The minimum Gasteiger partial charge on any atom is -0.497 e. The van der Waals surface area contributed by atoms with Gasteiger partial charge in [-0.25, -0.2) is 4.98 Å². The van der Waals surface area contributed by atoms with Gasteiger partial charge in [0.25, 0.3) is 5.91 Å². The van der Waals surface area contributed by atoms with Gasteiger partial charge in [-0.1, -0.05) is 26.0 Å². The van der Waals surface area contributed by atoms with Crippen LogP contribution in [0.1, 0.15) is 53.1 Å². The van der Waals surface area contributed by atoms with E-state index in [1.54, 1.807) is 7.11 Å². The lowest BCUT2D eigenvalue weighted by atomic mass is 10.1. The summed E-state index contributed by atoms with van der Waals surface area (Å²) in [5.41, 5.74) is 2.08. The van der Waals surface area contributed by atoms with Crippen molar-refractivity contribution < 1.29 is 9.53 Å². The number of rotatable bonds is 8. The fourth-order valence-corrected chi connectivity index (χ4v) is 3.82. The first kappa shape index (κ1) is 19.4. The fourth-order valence-electron chi connectivity index (χ4n) is 2.64. The first-order valence-corrected chi connectivity index (χ1v) is 9.60. The van der Waals surface area contributed by atoms with Gasteiger partial charge >= 0.3 is 0 Å². The van der Waals surface area contributed by atoms with Crippen LogP contribution in [0.2, 0.25) is 0 Å². The van der Waals surface area contributed by atoms with Gasteiger partial charge in [0, 0.05) is 12.5 Å². The minimum atomic E-state index is -0.00719. The molecule has 0 spiro atoms. The Morgan fingerprint density at radius 3 is 2.52 bits per heavy atom. The lowest BCUT2D eigenvalue weighted by Gasteiger charge is -2.13. The van der Waals surface area contributed by atoms with Crippen molar-refractivity contribution in [1.29, 1.82) is 0 Å². The van der Waals surface area contributed by atoms with E-state index in [-0.39, 0.29) is 11.9 Å². The summed E-state index contributed by atoms with van der Waals surface area (Å²) in [5, 5.41) is 4.15. The van der Waals surface area contributed by atoms with E-state index in [1.165, 1.54) is 16.9 Å². The predicted molar refractivity (Wildman–Crippen MR) is 104 cm³/mol. The number of hydrogen-bond donors (Lipinski definition) is 1. The summed E-state index contributed by atoms with van der Waals surface area (Å²) in [6.07, 6.45) is 2.74. The van der Waals surface area contributed by atoms with Crippen LogP contribution in [0.4, 0.5) is 0 Å². The second-order valence-electron chi connectivity index (χ2n) is 6.88.